The van der Waals surface area contributed by atoms with Gasteiger partial charge in [-0.2, -0.15) is 0 Å². The lowest BCUT2D eigenvalue weighted by molar-refractivity contribution is -0.563. The third kappa shape index (κ3) is 1.92. The summed E-state index contributed by atoms with van der Waals surface area (Å²) in [7, 11) is 1.94. The van der Waals surface area contributed by atoms with E-state index in [0.29, 0.717) is 0 Å². The molecule has 0 spiro atoms. The predicted octanol–water partition coefficient (Wildman–Crippen LogP) is 3.51. The Labute approximate surface area is 115 Å². The van der Waals surface area contributed by atoms with Crippen molar-refractivity contribution in [2.75, 3.05) is 11.9 Å². The Hall–Kier alpha value is -1.36. The van der Waals surface area contributed by atoms with Crippen molar-refractivity contribution in [3.8, 4) is 0 Å². The summed E-state index contributed by atoms with van der Waals surface area (Å²) in [5.74, 6) is -0.264. The van der Waals surface area contributed by atoms with Gasteiger partial charge >= 0.3 is 0 Å². The summed E-state index contributed by atoms with van der Waals surface area (Å²) in [5.41, 5.74) is 0.948. The highest BCUT2D eigenvalue weighted by Crippen LogP contribution is 2.46. The van der Waals surface area contributed by atoms with Crippen LogP contribution in [-0.4, -0.2) is 17.5 Å². The molecule has 96 valence electrons. The minimum absolute atomic E-state index is 0.213. The van der Waals surface area contributed by atoms with Gasteiger partial charge in [0.1, 0.15) is 0 Å². The lowest BCUT2D eigenvalue weighted by Crippen LogP contribution is -2.40. The molecule has 4 nitrogen and oxygen atoms in total. The molecule has 2 rings (SSSR count). The molecule has 0 aliphatic carbocycles. The number of para-hydroxylation sites is 1. The van der Waals surface area contributed by atoms with Crippen molar-refractivity contribution >= 4 is 21.6 Å². The zero-order valence-electron chi connectivity index (χ0n) is 10.6. The predicted molar refractivity (Wildman–Crippen MR) is 75.7 cm³/mol. The standard InChI is InChI=1S/C13H15BrN2O2/c1-13(2,16(17)18)12-9-6-4-5-7-11(9)15(3)8-10(12)14/h4-8,12H,1-3H3. The topological polar surface area (TPSA) is 46.4 Å². The van der Waals surface area contributed by atoms with Crippen molar-refractivity contribution in [3.05, 3.63) is 50.6 Å². The Balaban J connectivity index is 2.60. The summed E-state index contributed by atoms with van der Waals surface area (Å²) in [4.78, 5) is 13.1. The Morgan fingerprint density at radius 3 is 2.61 bits per heavy atom. The van der Waals surface area contributed by atoms with Crippen LogP contribution in [0.1, 0.15) is 25.3 Å². The van der Waals surface area contributed by atoms with Crippen molar-refractivity contribution in [3.63, 3.8) is 0 Å². The van der Waals surface area contributed by atoms with Gasteiger partial charge in [-0.15, -0.1) is 0 Å². The molecule has 1 unspecified atom stereocenters. The molecule has 0 N–H and O–H groups in total. The molecular formula is C13H15BrN2O2. The van der Waals surface area contributed by atoms with Crippen LogP contribution in [0, 0.1) is 10.1 Å². The van der Waals surface area contributed by atoms with E-state index in [4.69, 9.17) is 0 Å². The minimum Gasteiger partial charge on any atom is -0.350 e. The number of hydrogen-bond acceptors (Lipinski definition) is 3. The van der Waals surface area contributed by atoms with E-state index in [1.165, 1.54) is 0 Å². The zero-order chi connectivity index (χ0) is 13.5. The second-order valence-electron chi connectivity index (χ2n) is 5.03. The molecule has 0 aromatic heterocycles. The van der Waals surface area contributed by atoms with Crippen molar-refractivity contribution in [2.24, 2.45) is 0 Å². The maximum atomic E-state index is 11.3. The Morgan fingerprint density at radius 1 is 1.39 bits per heavy atom. The summed E-state index contributed by atoms with van der Waals surface area (Å²) in [6.07, 6.45) is 1.90. The zero-order valence-corrected chi connectivity index (χ0v) is 12.1. The van der Waals surface area contributed by atoms with Gasteiger partial charge in [-0.3, -0.25) is 10.1 Å². The van der Waals surface area contributed by atoms with Crippen molar-refractivity contribution in [1.82, 2.24) is 0 Å². The summed E-state index contributed by atoms with van der Waals surface area (Å²) in [5, 5.41) is 11.3. The fourth-order valence-corrected chi connectivity index (χ4v) is 3.47. The number of hydrogen-bond donors (Lipinski definition) is 0. The molecule has 0 amide bonds. The van der Waals surface area contributed by atoms with E-state index in [0.717, 1.165) is 15.7 Å². The van der Waals surface area contributed by atoms with Gasteiger partial charge in [-0.25, -0.2) is 0 Å². The molecule has 0 fully saturated rings. The van der Waals surface area contributed by atoms with E-state index in [-0.39, 0.29) is 10.8 Å². The van der Waals surface area contributed by atoms with Crippen LogP contribution in [0.2, 0.25) is 0 Å². The molecule has 0 bridgehead atoms. The van der Waals surface area contributed by atoms with Crippen LogP contribution in [0.5, 0.6) is 0 Å². The Morgan fingerprint density at radius 2 is 2.00 bits per heavy atom. The highest BCUT2D eigenvalue weighted by molar-refractivity contribution is 9.11. The first-order valence-electron chi connectivity index (χ1n) is 5.69. The Bertz CT molecular complexity index is 525. The average molecular weight is 311 g/mol. The third-order valence-corrected chi connectivity index (χ3v) is 4.06. The smallest absolute Gasteiger partial charge is 0.228 e. The van der Waals surface area contributed by atoms with Crippen LogP contribution in [-0.2, 0) is 0 Å². The average Bonchev–Trinajstić information content (AvgIpc) is 2.28. The first-order chi connectivity index (χ1) is 8.35. The van der Waals surface area contributed by atoms with Crippen LogP contribution in [0.4, 0.5) is 5.69 Å². The van der Waals surface area contributed by atoms with E-state index in [1.54, 1.807) is 13.8 Å². The van der Waals surface area contributed by atoms with Gasteiger partial charge in [0.25, 0.3) is 0 Å². The summed E-state index contributed by atoms with van der Waals surface area (Å²) in [6.45, 7) is 3.32. The SMILES string of the molecule is CN1C=C(Br)C(C(C)(C)[N+](=O)[O-])c2ccccc21. The maximum Gasteiger partial charge on any atom is 0.228 e. The van der Waals surface area contributed by atoms with Crippen LogP contribution < -0.4 is 4.90 Å². The van der Waals surface area contributed by atoms with Crippen molar-refractivity contribution in [1.29, 1.82) is 0 Å². The highest BCUT2D eigenvalue weighted by Gasteiger charge is 2.46. The van der Waals surface area contributed by atoms with Gasteiger partial charge in [0.15, 0.2) is 0 Å². The highest BCUT2D eigenvalue weighted by atomic mass is 79.9. The molecule has 1 aliphatic rings. The van der Waals surface area contributed by atoms with Gasteiger partial charge in [0, 0.05) is 42.2 Å². The normalized spacial score (nSPS) is 19.2. The largest absolute Gasteiger partial charge is 0.350 e. The minimum atomic E-state index is -1.05. The van der Waals surface area contributed by atoms with Crippen molar-refractivity contribution < 1.29 is 4.92 Å². The molecule has 1 aromatic carbocycles. The van der Waals surface area contributed by atoms with Crippen LogP contribution in [0.3, 0.4) is 0 Å². The molecule has 1 aliphatic heterocycles. The number of nitrogens with zero attached hydrogens (tertiary/aromatic N) is 2. The van der Waals surface area contributed by atoms with E-state index in [1.807, 2.05) is 42.4 Å². The number of fused-ring (bicyclic) bond motifs is 1. The van der Waals surface area contributed by atoms with E-state index >= 15 is 0 Å². The quantitative estimate of drug-likeness (QED) is 0.620. The third-order valence-electron chi connectivity index (χ3n) is 3.40. The van der Waals surface area contributed by atoms with E-state index in [9.17, 15) is 10.1 Å². The summed E-state index contributed by atoms with van der Waals surface area (Å²) < 4.78 is 0.838. The first kappa shape index (κ1) is 13.1. The number of benzene rings is 1. The number of rotatable bonds is 2. The molecule has 18 heavy (non-hydrogen) atoms. The number of anilines is 1. The second kappa shape index (κ2) is 4.39. The molecule has 0 saturated heterocycles. The summed E-state index contributed by atoms with van der Waals surface area (Å²) >= 11 is 3.48. The molecule has 5 heteroatoms. The maximum absolute atomic E-state index is 11.3. The van der Waals surface area contributed by atoms with Crippen LogP contribution >= 0.6 is 15.9 Å². The molecule has 0 radical (unpaired) electrons. The van der Waals surface area contributed by atoms with Crippen LogP contribution in [0.15, 0.2) is 34.9 Å². The fraction of sp³-hybridized carbons (Fsp3) is 0.385. The lowest BCUT2D eigenvalue weighted by Gasteiger charge is -2.34. The van der Waals surface area contributed by atoms with Crippen molar-refractivity contribution in [2.45, 2.75) is 25.3 Å². The summed E-state index contributed by atoms with van der Waals surface area (Å²) in [6, 6.07) is 7.80. The molecule has 1 heterocycles. The van der Waals surface area contributed by atoms with Gasteiger partial charge in [-0.1, -0.05) is 34.1 Å². The first-order valence-corrected chi connectivity index (χ1v) is 6.48. The molecule has 1 atom stereocenters. The monoisotopic (exact) mass is 310 g/mol. The van der Waals surface area contributed by atoms with Gasteiger partial charge in [0.2, 0.25) is 5.54 Å². The fourth-order valence-electron chi connectivity index (χ4n) is 2.35. The van der Waals surface area contributed by atoms with Gasteiger partial charge in [-0.05, 0) is 11.6 Å². The molecule has 0 saturated carbocycles. The number of halogens is 1. The second-order valence-corrected chi connectivity index (χ2v) is 5.94. The number of nitro groups is 1. The van der Waals surface area contributed by atoms with E-state index < -0.39 is 5.54 Å². The Kier molecular flexibility index (Phi) is 3.19. The van der Waals surface area contributed by atoms with Gasteiger partial charge in [0.05, 0.1) is 5.92 Å². The van der Waals surface area contributed by atoms with Gasteiger partial charge < -0.3 is 4.90 Å². The lowest BCUT2D eigenvalue weighted by atomic mass is 9.80. The molecule has 1 aromatic rings. The van der Waals surface area contributed by atoms with Crippen LogP contribution in [0.25, 0.3) is 0 Å². The van der Waals surface area contributed by atoms with E-state index in [2.05, 4.69) is 15.9 Å². The molecular weight excluding hydrogens is 296 g/mol.